The van der Waals surface area contributed by atoms with Crippen LogP contribution in [0.1, 0.15) is 31.2 Å². The smallest absolute Gasteiger partial charge is 0.317 e. The number of carboxylic acid groups (broad SMARTS) is 1. The highest BCUT2D eigenvalue weighted by Crippen LogP contribution is 2.33. The largest absolute Gasteiger partial charge is 0.480 e. The standard InChI is InChI=1S/C17H22F2N2O2/c18-15-2-1-3-16(19)14(15)8-20-12-6-13(7-12)21(10-17(22)23)9-11-4-5-11/h1-3,11-13,20H,4-10H2,(H,22,23). The molecule has 2 saturated carbocycles. The van der Waals surface area contributed by atoms with Crippen LogP contribution in [0.4, 0.5) is 8.78 Å². The summed E-state index contributed by atoms with van der Waals surface area (Å²) < 4.78 is 27.1. The molecule has 2 aliphatic rings. The van der Waals surface area contributed by atoms with Crippen molar-refractivity contribution in [1.29, 1.82) is 0 Å². The molecule has 4 nitrogen and oxygen atoms in total. The maximum atomic E-state index is 13.6. The van der Waals surface area contributed by atoms with Crippen molar-refractivity contribution < 1.29 is 18.7 Å². The average molecular weight is 324 g/mol. The van der Waals surface area contributed by atoms with Crippen molar-refractivity contribution in [3.05, 3.63) is 35.4 Å². The van der Waals surface area contributed by atoms with Gasteiger partial charge in [0.15, 0.2) is 0 Å². The highest BCUT2D eigenvalue weighted by Gasteiger charge is 2.36. The molecule has 6 heteroatoms. The molecular formula is C17H22F2N2O2. The molecule has 23 heavy (non-hydrogen) atoms. The Bertz CT molecular complexity index is 551. The van der Waals surface area contributed by atoms with E-state index in [-0.39, 0.29) is 30.7 Å². The molecule has 0 aliphatic heterocycles. The molecule has 3 rings (SSSR count). The number of nitrogens with one attached hydrogen (secondary N) is 1. The van der Waals surface area contributed by atoms with Crippen LogP contribution >= 0.6 is 0 Å². The molecule has 0 heterocycles. The second-order valence-corrected chi connectivity index (χ2v) is 6.67. The first kappa shape index (κ1) is 16.3. The maximum absolute atomic E-state index is 13.6. The molecule has 1 aromatic carbocycles. The van der Waals surface area contributed by atoms with Gasteiger partial charge in [-0.2, -0.15) is 0 Å². The number of benzene rings is 1. The van der Waals surface area contributed by atoms with Crippen LogP contribution in [-0.4, -0.2) is 41.1 Å². The zero-order valence-corrected chi connectivity index (χ0v) is 13.0. The Hall–Kier alpha value is -1.53. The zero-order valence-electron chi connectivity index (χ0n) is 13.0. The first-order valence-corrected chi connectivity index (χ1v) is 8.15. The van der Waals surface area contributed by atoms with Crippen molar-refractivity contribution in [2.45, 2.75) is 44.3 Å². The Morgan fingerprint density at radius 3 is 2.48 bits per heavy atom. The van der Waals surface area contributed by atoms with Crippen molar-refractivity contribution >= 4 is 5.97 Å². The minimum absolute atomic E-state index is 0.0660. The van der Waals surface area contributed by atoms with Gasteiger partial charge in [-0.05, 0) is 43.7 Å². The first-order chi connectivity index (χ1) is 11.0. The summed E-state index contributed by atoms with van der Waals surface area (Å²) >= 11 is 0. The van der Waals surface area contributed by atoms with E-state index in [1.807, 2.05) is 4.90 Å². The average Bonchev–Trinajstić information content (AvgIpc) is 3.23. The monoisotopic (exact) mass is 324 g/mol. The Labute approximate surface area is 134 Å². The van der Waals surface area contributed by atoms with Crippen molar-refractivity contribution in [3.63, 3.8) is 0 Å². The zero-order chi connectivity index (χ0) is 16.4. The number of hydrogen-bond donors (Lipinski definition) is 2. The molecule has 0 atom stereocenters. The number of nitrogens with zero attached hydrogens (tertiary/aromatic N) is 1. The van der Waals surface area contributed by atoms with Crippen LogP contribution in [0.5, 0.6) is 0 Å². The third-order valence-electron chi connectivity index (χ3n) is 4.79. The van der Waals surface area contributed by atoms with Crippen LogP contribution in [0.25, 0.3) is 0 Å². The number of hydrogen-bond acceptors (Lipinski definition) is 3. The van der Waals surface area contributed by atoms with Crippen LogP contribution in [0.2, 0.25) is 0 Å². The Morgan fingerprint density at radius 2 is 1.91 bits per heavy atom. The van der Waals surface area contributed by atoms with Gasteiger partial charge in [0.2, 0.25) is 0 Å². The van der Waals surface area contributed by atoms with E-state index in [2.05, 4.69) is 5.32 Å². The van der Waals surface area contributed by atoms with Crippen molar-refractivity contribution in [3.8, 4) is 0 Å². The molecule has 2 N–H and O–H groups in total. The number of carbonyl (C=O) groups is 1. The van der Waals surface area contributed by atoms with Crippen LogP contribution in [-0.2, 0) is 11.3 Å². The summed E-state index contributed by atoms with van der Waals surface area (Å²) in [5.74, 6) is -1.21. The second kappa shape index (κ2) is 6.93. The van der Waals surface area contributed by atoms with E-state index in [0.717, 1.165) is 19.4 Å². The SMILES string of the molecule is O=C(O)CN(CC1CC1)C1CC(NCc2c(F)cccc2F)C1. The van der Waals surface area contributed by atoms with Crippen LogP contribution in [0, 0.1) is 17.6 Å². The Kier molecular flexibility index (Phi) is 4.92. The van der Waals surface area contributed by atoms with Crippen molar-refractivity contribution in [1.82, 2.24) is 10.2 Å². The van der Waals surface area contributed by atoms with E-state index in [9.17, 15) is 13.6 Å². The lowest BCUT2D eigenvalue weighted by Gasteiger charge is -2.43. The fraction of sp³-hybridized carbons (Fsp3) is 0.588. The minimum atomic E-state index is -0.796. The van der Waals surface area contributed by atoms with E-state index in [1.54, 1.807) is 0 Å². The van der Waals surface area contributed by atoms with E-state index in [1.165, 1.54) is 31.0 Å². The van der Waals surface area contributed by atoms with Gasteiger partial charge in [0.1, 0.15) is 11.6 Å². The lowest BCUT2D eigenvalue weighted by atomic mass is 9.85. The van der Waals surface area contributed by atoms with E-state index in [0.29, 0.717) is 5.92 Å². The first-order valence-electron chi connectivity index (χ1n) is 8.15. The number of rotatable bonds is 8. The van der Waals surface area contributed by atoms with Crippen molar-refractivity contribution in [2.24, 2.45) is 5.92 Å². The van der Waals surface area contributed by atoms with Crippen LogP contribution < -0.4 is 5.32 Å². The molecule has 1 aromatic rings. The Morgan fingerprint density at radius 1 is 1.26 bits per heavy atom. The van der Waals surface area contributed by atoms with Crippen LogP contribution in [0.3, 0.4) is 0 Å². The summed E-state index contributed by atoms with van der Waals surface area (Å²) in [5.41, 5.74) is 0.0660. The van der Waals surface area contributed by atoms with Crippen LogP contribution in [0.15, 0.2) is 18.2 Å². The highest BCUT2D eigenvalue weighted by molar-refractivity contribution is 5.69. The molecule has 0 bridgehead atoms. The lowest BCUT2D eigenvalue weighted by Crippen LogP contribution is -2.54. The molecule has 0 saturated heterocycles. The van der Waals surface area contributed by atoms with E-state index in [4.69, 9.17) is 5.11 Å². The summed E-state index contributed by atoms with van der Waals surface area (Å²) in [5, 5.41) is 12.2. The van der Waals surface area contributed by atoms with Gasteiger partial charge in [-0.1, -0.05) is 6.07 Å². The van der Waals surface area contributed by atoms with Gasteiger partial charge in [0, 0.05) is 30.7 Å². The second-order valence-electron chi connectivity index (χ2n) is 6.67. The normalized spacial score (nSPS) is 23.8. The topological polar surface area (TPSA) is 52.6 Å². The molecule has 0 radical (unpaired) electrons. The fourth-order valence-corrected chi connectivity index (χ4v) is 3.15. The van der Waals surface area contributed by atoms with Gasteiger partial charge < -0.3 is 10.4 Å². The number of halogens is 2. The quantitative estimate of drug-likeness (QED) is 0.771. The van der Waals surface area contributed by atoms with Gasteiger partial charge in [0.05, 0.1) is 6.54 Å². The maximum Gasteiger partial charge on any atom is 0.317 e. The van der Waals surface area contributed by atoms with Gasteiger partial charge >= 0.3 is 5.97 Å². The summed E-state index contributed by atoms with van der Waals surface area (Å²) in [7, 11) is 0. The number of aliphatic carboxylic acids is 1. The Balaban J connectivity index is 1.47. The molecule has 0 amide bonds. The molecule has 0 unspecified atom stereocenters. The summed E-state index contributed by atoms with van der Waals surface area (Å²) in [4.78, 5) is 13.0. The molecule has 0 spiro atoms. The van der Waals surface area contributed by atoms with Gasteiger partial charge in [-0.3, -0.25) is 9.69 Å². The summed E-state index contributed by atoms with van der Waals surface area (Å²) in [6, 6.07) is 4.32. The predicted molar refractivity (Wildman–Crippen MR) is 81.9 cm³/mol. The van der Waals surface area contributed by atoms with Gasteiger partial charge in [-0.15, -0.1) is 0 Å². The molecular weight excluding hydrogens is 302 g/mol. The molecule has 2 fully saturated rings. The fourth-order valence-electron chi connectivity index (χ4n) is 3.15. The third-order valence-corrected chi connectivity index (χ3v) is 4.79. The third kappa shape index (κ3) is 4.26. The predicted octanol–water partition coefficient (Wildman–Crippen LogP) is 2.38. The van der Waals surface area contributed by atoms with Gasteiger partial charge in [0.25, 0.3) is 0 Å². The summed E-state index contributed by atoms with van der Waals surface area (Å²) in [6.45, 7) is 1.10. The molecule has 126 valence electrons. The summed E-state index contributed by atoms with van der Waals surface area (Å²) in [6.07, 6.45) is 4.04. The number of carboxylic acids is 1. The van der Waals surface area contributed by atoms with Crippen molar-refractivity contribution in [2.75, 3.05) is 13.1 Å². The highest BCUT2D eigenvalue weighted by atomic mass is 19.1. The van der Waals surface area contributed by atoms with E-state index >= 15 is 0 Å². The van der Waals surface area contributed by atoms with E-state index < -0.39 is 17.6 Å². The molecule has 0 aromatic heterocycles. The lowest BCUT2D eigenvalue weighted by molar-refractivity contribution is -0.139. The minimum Gasteiger partial charge on any atom is -0.480 e. The van der Waals surface area contributed by atoms with Gasteiger partial charge in [-0.25, -0.2) is 8.78 Å². The molecule has 2 aliphatic carbocycles.